The molecule has 0 saturated carbocycles. The van der Waals surface area contributed by atoms with Crippen LogP contribution >= 0.6 is 24.0 Å². The molecule has 3 aliphatic heterocycles. The third-order valence-electron chi connectivity index (χ3n) is 5.85. The molecule has 0 aromatic heterocycles. The molecular formula is C20H37IN4O3. The van der Waals surface area contributed by atoms with E-state index in [0.29, 0.717) is 18.4 Å². The average Bonchev–Trinajstić information content (AvgIpc) is 3.37. The zero-order chi connectivity index (χ0) is 19.1. The number of carbonyl (C=O) groups excluding carboxylic acids is 1. The van der Waals surface area contributed by atoms with Gasteiger partial charge in [-0.3, -0.25) is 9.79 Å². The molecule has 162 valence electrons. The first kappa shape index (κ1) is 23.7. The summed E-state index contributed by atoms with van der Waals surface area (Å²) in [5, 5.41) is 3.43. The van der Waals surface area contributed by atoms with Crippen molar-refractivity contribution in [2.45, 2.75) is 70.6 Å². The second-order valence-electron chi connectivity index (χ2n) is 7.68. The lowest BCUT2D eigenvalue weighted by Crippen LogP contribution is -2.53. The first-order chi connectivity index (χ1) is 13.2. The molecule has 7 nitrogen and oxygen atoms in total. The number of carbonyl (C=O) groups is 1. The lowest BCUT2D eigenvalue weighted by atomic mass is 10.1. The fourth-order valence-electron chi connectivity index (χ4n) is 4.37. The molecule has 3 unspecified atom stereocenters. The molecule has 0 radical (unpaired) electrons. The minimum absolute atomic E-state index is 0. The molecule has 0 aliphatic carbocycles. The summed E-state index contributed by atoms with van der Waals surface area (Å²) in [6.45, 7) is 10.0. The molecule has 3 atom stereocenters. The summed E-state index contributed by atoms with van der Waals surface area (Å²) in [5.41, 5.74) is 0. The Bertz CT molecular complexity index is 514. The van der Waals surface area contributed by atoms with Crippen molar-refractivity contribution in [2.75, 3.05) is 45.9 Å². The second kappa shape index (κ2) is 12.2. The molecule has 3 rings (SSSR count). The molecule has 3 heterocycles. The largest absolute Gasteiger partial charge is 0.375 e. The fraction of sp³-hybridized carbons (Fsp3) is 0.900. The Labute approximate surface area is 186 Å². The highest BCUT2D eigenvalue weighted by atomic mass is 127. The van der Waals surface area contributed by atoms with Crippen molar-refractivity contribution in [3.05, 3.63) is 0 Å². The van der Waals surface area contributed by atoms with E-state index < -0.39 is 0 Å². The molecule has 8 heteroatoms. The molecule has 1 amide bonds. The van der Waals surface area contributed by atoms with Gasteiger partial charge in [0.05, 0.1) is 12.7 Å². The maximum atomic E-state index is 12.0. The third kappa shape index (κ3) is 6.19. The number of aliphatic imine (C=N–C) groups is 1. The standard InChI is InChI=1S/C20H36N4O3.HI/c1-3-16(24-11-5-8-19(24)25)9-10-22-20(21-4-2)23-12-14-27-18(15-23)17-7-6-13-26-17;/h16-18H,3-15H2,1-2H3,(H,21,22);1H. The van der Waals surface area contributed by atoms with Gasteiger partial charge in [-0.25, -0.2) is 0 Å². The average molecular weight is 508 g/mol. The molecule has 0 aromatic rings. The van der Waals surface area contributed by atoms with Gasteiger partial charge in [-0.15, -0.1) is 24.0 Å². The van der Waals surface area contributed by atoms with Gasteiger partial charge in [-0.05, 0) is 39.0 Å². The molecule has 3 fully saturated rings. The van der Waals surface area contributed by atoms with E-state index in [1.165, 1.54) is 0 Å². The van der Waals surface area contributed by atoms with E-state index in [9.17, 15) is 4.79 Å². The van der Waals surface area contributed by atoms with Crippen LogP contribution in [0.15, 0.2) is 4.99 Å². The van der Waals surface area contributed by atoms with Crippen molar-refractivity contribution in [2.24, 2.45) is 4.99 Å². The van der Waals surface area contributed by atoms with Crippen LogP contribution in [-0.2, 0) is 14.3 Å². The summed E-state index contributed by atoms with van der Waals surface area (Å²) in [5.74, 6) is 1.27. The molecular weight excluding hydrogens is 471 g/mol. The number of hydrogen-bond donors (Lipinski definition) is 1. The maximum absolute atomic E-state index is 12.0. The monoisotopic (exact) mass is 508 g/mol. The van der Waals surface area contributed by atoms with Gasteiger partial charge in [-0.2, -0.15) is 0 Å². The number of nitrogens with zero attached hydrogens (tertiary/aromatic N) is 3. The van der Waals surface area contributed by atoms with E-state index in [4.69, 9.17) is 14.5 Å². The molecule has 3 saturated heterocycles. The van der Waals surface area contributed by atoms with Crippen molar-refractivity contribution >= 4 is 35.8 Å². The van der Waals surface area contributed by atoms with Crippen LogP contribution in [0.2, 0.25) is 0 Å². The second-order valence-corrected chi connectivity index (χ2v) is 7.68. The van der Waals surface area contributed by atoms with Crippen molar-refractivity contribution < 1.29 is 14.3 Å². The highest BCUT2D eigenvalue weighted by molar-refractivity contribution is 14.0. The highest BCUT2D eigenvalue weighted by Crippen LogP contribution is 2.21. The lowest BCUT2D eigenvalue weighted by molar-refractivity contribution is -0.129. The Balaban J connectivity index is 0.00000280. The van der Waals surface area contributed by atoms with Crippen LogP contribution in [0, 0.1) is 0 Å². The smallest absolute Gasteiger partial charge is 0.222 e. The van der Waals surface area contributed by atoms with Crippen LogP contribution in [0.3, 0.4) is 0 Å². The van der Waals surface area contributed by atoms with Crippen LogP contribution in [0.1, 0.15) is 52.4 Å². The Morgan fingerprint density at radius 1 is 1.21 bits per heavy atom. The Morgan fingerprint density at radius 2 is 2.04 bits per heavy atom. The first-order valence-electron chi connectivity index (χ1n) is 10.8. The van der Waals surface area contributed by atoms with Crippen LogP contribution in [0.4, 0.5) is 0 Å². The van der Waals surface area contributed by atoms with E-state index in [-0.39, 0.29) is 36.2 Å². The Hall–Kier alpha value is -0.610. The third-order valence-corrected chi connectivity index (χ3v) is 5.85. The van der Waals surface area contributed by atoms with Crippen LogP contribution in [-0.4, -0.2) is 85.9 Å². The van der Waals surface area contributed by atoms with Crippen molar-refractivity contribution in [1.82, 2.24) is 15.1 Å². The minimum Gasteiger partial charge on any atom is -0.375 e. The first-order valence-corrected chi connectivity index (χ1v) is 10.8. The summed E-state index contributed by atoms with van der Waals surface area (Å²) in [4.78, 5) is 21.3. The van der Waals surface area contributed by atoms with E-state index in [1.54, 1.807) is 0 Å². The van der Waals surface area contributed by atoms with Crippen LogP contribution in [0.25, 0.3) is 0 Å². The van der Waals surface area contributed by atoms with Crippen molar-refractivity contribution in [3.63, 3.8) is 0 Å². The summed E-state index contributed by atoms with van der Waals surface area (Å²) in [7, 11) is 0. The van der Waals surface area contributed by atoms with Gasteiger partial charge in [0, 0.05) is 51.8 Å². The Morgan fingerprint density at radius 3 is 2.68 bits per heavy atom. The highest BCUT2D eigenvalue weighted by Gasteiger charge is 2.32. The number of nitrogens with one attached hydrogen (secondary N) is 1. The fourth-order valence-corrected chi connectivity index (χ4v) is 4.37. The molecule has 0 bridgehead atoms. The number of amides is 1. The summed E-state index contributed by atoms with van der Waals surface area (Å²) in [6, 6.07) is 0.316. The zero-order valence-electron chi connectivity index (χ0n) is 17.4. The summed E-state index contributed by atoms with van der Waals surface area (Å²) in [6.07, 6.45) is 6.21. The van der Waals surface area contributed by atoms with Gasteiger partial charge in [0.15, 0.2) is 5.96 Å². The van der Waals surface area contributed by atoms with Crippen molar-refractivity contribution in [3.8, 4) is 0 Å². The number of hydrogen-bond acceptors (Lipinski definition) is 4. The van der Waals surface area contributed by atoms with Gasteiger partial charge in [-0.1, -0.05) is 6.92 Å². The number of guanidine groups is 1. The summed E-state index contributed by atoms with van der Waals surface area (Å²) >= 11 is 0. The van der Waals surface area contributed by atoms with Crippen LogP contribution < -0.4 is 5.32 Å². The zero-order valence-corrected chi connectivity index (χ0v) is 19.7. The normalized spacial score (nSPS) is 27.1. The summed E-state index contributed by atoms with van der Waals surface area (Å²) < 4.78 is 11.8. The molecule has 0 aromatic carbocycles. The lowest BCUT2D eigenvalue weighted by Gasteiger charge is -2.37. The molecule has 3 aliphatic rings. The van der Waals surface area contributed by atoms with Gasteiger partial charge in [0.1, 0.15) is 6.10 Å². The molecule has 28 heavy (non-hydrogen) atoms. The number of morpholine rings is 1. The molecule has 1 N–H and O–H groups in total. The number of likely N-dealkylation sites (tertiary alicyclic amines) is 1. The van der Waals surface area contributed by atoms with Crippen molar-refractivity contribution in [1.29, 1.82) is 0 Å². The van der Waals surface area contributed by atoms with Gasteiger partial charge in [0.2, 0.25) is 5.91 Å². The Kier molecular flexibility index (Phi) is 10.3. The van der Waals surface area contributed by atoms with E-state index in [2.05, 4.69) is 29.0 Å². The predicted octanol–water partition coefficient (Wildman–Crippen LogP) is 2.24. The maximum Gasteiger partial charge on any atom is 0.222 e. The van der Waals surface area contributed by atoms with Gasteiger partial charge < -0.3 is 24.6 Å². The number of rotatable bonds is 7. The van der Waals surface area contributed by atoms with E-state index in [0.717, 1.165) is 84.0 Å². The minimum atomic E-state index is 0. The topological polar surface area (TPSA) is 66.4 Å². The van der Waals surface area contributed by atoms with Gasteiger partial charge >= 0.3 is 0 Å². The predicted molar refractivity (Wildman–Crippen MR) is 121 cm³/mol. The van der Waals surface area contributed by atoms with E-state index >= 15 is 0 Å². The van der Waals surface area contributed by atoms with Crippen LogP contribution in [0.5, 0.6) is 0 Å². The van der Waals surface area contributed by atoms with E-state index in [1.807, 2.05) is 0 Å². The van der Waals surface area contributed by atoms with Gasteiger partial charge in [0.25, 0.3) is 0 Å². The SMILES string of the molecule is CCNC(=NCCC(CC)N1CCCC1=O)N1CCOC(C2CCCO2)C1.I. The number of ether oxygens (including phenoxy) is 2. The quantitative estimate of drug-likeness (QED) is 0.325. The molecule has 0 spiro atoms. The number of halogens is 1.